The van der Waals surface area contributed by atoms with Crippen molar-refractivity contribution >= 4 is 11.9 Å². The predicted molar refractivity (Wildman–Crippen MR) is 81.6 cm³/mol. The molecule has 0 N–H and O–H groups in total. The Bertz CT molecular complexity index is 607. The molecule has 0 saturated carbocycles. The van der Waals surface area contributed by atoms with Crippen molar-refractivity contribution in [3.05, 3.63) is 35.4 Å². The van der Waals surface area contributed by atoms with Crippen molar-refractivity contribution in [2.45, 2.75) is 0 Å². The number of ether oxygens (including phenoxy) is 1. The Hall–Kier alpha value is -2.22. The van der Waals surface area contributed by atoms with Crippen LogP contribution in [0.3, 0.4) is 0 Å². The zero-order valence-corrected chi connectivity index (χ0v) is 13.2. The van der Waals surface area contributed by atoms with Crippen molar-refractivity contribution in [1.82, 2.24) is 14.7 Å². The van der Waals surface area contributed by atoms with Crippen LogP contribution in [0.4, 0.5) is 13.6 Å². The number of nitrogens with zero attached hydrogens (tertiary/aromatic N) is 3. The van der Waals surface area contributed by atoms with Gasteiger partial charge in [-0.2, -0.15) is 0 Å². The van der Waals surface area contributed by atoms with E-state index in [0.717, 1.165) is 12.1 Å². The lowest BCUT2D eigenvalue weighted by Crippen LogP contribution is -2.55. The van der Waals surface area contributed by atoms with Gasteiger partial charge < -0.3 is 19.4 Å². The van der Waals surface area contributed by atoms with E-state index in [4.69, 9.17) is 4.74 Å². The van der Waals surface area contributed by atoms with Gasteiger partial charge in [-0.1, -0.05) is 6.07 Å². The van der Waals surface area contributed by atoms with Crippen LogP contribution in [0, 0.1) is 11.6 Å². The maximum absolute atomic E-state index is 13.7. The van der Waals surface area contributed by atoms with E-state index in [9.17, 15) is 18.4 Å². The zero-order chi connectivity index (χ0) is 17.1. The second-order valence-corrected chi connectivity index (χ2v) is 5.76. The number of halogens is 2. The summed E-state index contributed by atoms with van der Waals surface area (Å²) < 4.78 is 32.7. The van der Waals surface area contributed by atoms with Gasteiger partial charge in [0.2, 0.25) is 0 Å². The fourth-order valence-corrected chi connectivity index (χ4v) is 2.92. The van der Waals surface area contributed by atoms with Crippen molar-refractivity contribution < 1.29 is 23.1 Å². The molecule has 6 nitrogen and oxygen atoms in total. The van der Waals surface area contributed by atoms with Crippen LogP contribution < -0.4 is 0 Å². The minimum Gasteiger partial charge on any atom is -0.378 e. The van der Waals surface area contributed by atoms with Gasteiger partial charge in [-0.25, -0.2) is 13.6 Å². The van der Waals surface area contributed by atoms with E-state index >= 15 is 0 Å². The molecule has 2 saturated heterocycles. The van der Waals surface area contributed by atoms with Gasteiger partial charge in [0.15, 0.2) is 0 Å². The van der Waals surface area contributed by atoms with E-state index in [0.29, 0.717) is 39.4 Å². The minimum atomic E-state index is -0.869. The lowest BCUT2D eigenvalue weighted by molar-refractivity contribution is 0.0361. The summed E-state index contributed by atoms with van der Waals surface area (Å²) in [5.74, 6) is -2.41. The number of benzene rings is 1. The third kappa shape index (κ3) is 3.33. The molecule has 1 aromatic carbocycles. The maximum atomic E-state index is 13.7. The average molecular weight is 339 g/mol. The molecule has 3 amide bonds. The second-order valence-electron chi connectivity index (χ2n) is 5.76. The number of rotatable bonds is 1. The third-order valence-electron chi connectivity index (χ3n) is 4.30. The van der Waals surface area contributed by atoms with Crippen LogP contribution in [0.2, 0.25) is 0 Å². The average Bonchev–Trinajstić information content (AvgIpc) is 2.62. The van der Waals surface area contributed by atoms with Gasteiger partial charge in [0.05, 0.1) is 13.2 Å². The molecule has 0 aromatic heterocycles. The fourth-order valence-electron chi connectivity index (χ4n) is 2.92. The number of urea groups is 1. The van der Waals surface area contributed by atoms with E-state index in [2.05, 4.69) is 0 Å². The highest BCUT2D eigenvalue weighted by atomic mass is 19.1. The van der Waals surface area contributed by atoms with Crippen LogP contribution in [0.1, 0.15) is 10.4 Å². The van der Waals surface area contributed by atoms with Crippen molar-refractivity contribution in [3.8, 4) is 0 Å². The van der Waals surface area contributed by atoms with E-state index < -0.39 is 23.1 Å². The topological polar surface area (TPSA) is 53.1 Å². The molecule has 0 radical (unpaired) electrons. The van der Waals surface area contributed by atoms with Gasteiger partial charge in [-0.05, 0) is 12.1 Å². The van der Waals surface area contributed by atoms with Crippen LogP contribution in [0.5, 0.6) is 0 Å². The van der Waals surface area contributed by atoms with E-state index in [-0.39, 0.29) is 19.1 Å². The molecule has 130 valence electrons. The first-order valence-electron chi connectivity index (χ1n) is 7.93. The summed E-state index contributed by atoms with van der Waals surface area (Å²) in [5, 5.41) is 0. The Labute approximate surface area is 138 Å². The van der Waals surface area contributed by atoms with E-state index in [1.54, 1.807) is 9.80 Å². The fraction of sp³-hybridized carbons (Fsp3) is 0.500. The first-order chi connectivity index (χ1) is 11.6. The van der Waals surface area contributed by atoms with E-state index in [1.807, 2.05) is 0 Å². The normalized spacial score (nSPS) is 18.7. The highest BCUT2D eigenvalue weighted by molar-refractivity contribution is 5.95. The SMILES string of the molecule is O=C(c1c(F)cccc1F)N1CCN(C(=O)N2CCOCC2)CC1. The Balaban J connectivity index is 1.60. The molecule has 0 spiro atoms. The molecule has 2 heterocycles. The van der Waals surface area contributed by atoms with Gasteiger partial charge in [-0.3, -0.25) is 4.79 Å². The number of carbonyl (C=O) groups is 2. The highest BCUT2D eigenvalue weighted by Gasteiger charge is 2.30. The smallest absolute Gasteiger partial charge is 0.320 e. The van der Waals surface area contributed by atoms with Crippen LogP contribution in [0.25, 0.3) is 0 Å². The van der Waals surface area contributed by atoms with Gasteiger partial charge in [0.1, 0.15) is 17.2 Å². The van der Waals surface area contributed by atoms with Crippen LogP contribution in [-0.4, -0.2) is 79.1 Å². The molecule has 0 atom stereocenters. The van der Waals surface area contributed by atoms with Gasteiger partial charge >= 0.3 is 6.03 Å². The van der Waals surface area contributed by atoms with Crippen molar-refractivity contribution in [3.63, 3.8) is 0 Å². The first-order valence-corrected chi connectivity index (χ1v) is 7.93. The summed E-state index contributed by atoms with van der Waals surface area (Å²) in [4.78, 5) is 29.5. The number of amides is 3. The molecule has 24 heavy (non-hydrogen) atoms. The number of piperazine rings is 1. The first kappa shape index (κ1) is 16.6. The standard InChI is InChI=1S/C16H19F2N3O3/c17-12-2-1-3-13(18)14(12)15(22)19-4-6-20(7-5-19)16(23)21-8-10-24-11-9-21/h1-3H,4-11H2. The third-order valence-corrected chi connectivity index (χ3v) is 4.30. The molecule has 8 heteroatoms. The number of hydrogen-bond donors (Lipinski definition) is 0. The Morgan fingerprint density at radius 2 is 1.33 bits per heavy atom. The molecular weight excluding hydrogens is 320 g/mol. The van der Waals surface area contributed by atoms with Gasteiger partial charge in [0, 0.05) is 39.3 Å². The largest absolute Gasteiger partial charge is 0.378 e. The Morgan fingerprint density at radius 1 is 0.833 bits per heavy atom. The summed E-state index contributed by atoms with van der Waals surface area (Å²) in [7, 11) is 0. The maximum Gasteiger partial charge on any atom is 0.320 e. The van der Waals surface area contributed by atoms with E-state index in [1.165, 1.54) is 11.0 Å². The van der Waals surface area contributed by atoms with Gasteiger partial charge in [0.25, 0.3) is 5.91 Å². The number of morpholine rings is 1. The lowest BCUT2D eigenvalue weighted by atomic mass is 10.1. The van der Waals surface area contributed by atoms with Crippen LogP contribution in [-0.2, 0) is 4.74 Å². The summed E-state index contributed by atoms with van der Waals surface area (Å²) >= 11 is 0. The minimum absolute atomic E-state index is 0.0810. The lowest BCUT2D eigenvalue weighted by Gasteiger charge is -2.38. The molecule has 0 bridgehead atoms. The molecule has 2 aliphatic heterocycles. The second kappa shape index (κ2) is 7.12. The number of carbonyl (C=O) groups excluding carboxylic acids is 2. The quantitative estimate of drug-likeness (QED) is 0.772. The summed E-state index contributed by atoms with van der Waals surface area (Å²) in [6.07, 6.45) is 0. The summed E-state index contributed by atoms with van der Waals surface area (Å²) in [6, 6.07) is 3.27. The molecule has 3 rings (SSSR count). The Kier molecular flexibility index (Phi) is 4.94. The molecule has 0 aliphatic carbocycles. The monoisotopic (exact) mass is 339 g/mol. The van der Waals surface area contributed by atoms with Crippen LogP contribution in [0.15, 0.2) is 18.2 Å². The zero-order valence-electron chi connectivity index (χ0n) is 13.2. The predicted octanol–water partition coefficient (Wildman–Crippen LogP) is 1.17. The van der Waals surface area contributed by atoms with Crippen LogP contribution >= 0.6 is 0 Å². The molecule has 0 unspecified atom stereocenters. The molecule has 1 aromatic rings. The van der Waals surface area contributed by atoms with Crippen molar-refractivity contribution in [2.75, 3.05) is 52.5 Å². The highest BCUT2D eigenvalue weighted by Crippen LogP contribution is 2.16. The van der Waals surface area contributed by atoms with Crippen molar-refractivity contribution in [1.29, 1.82) is 0 Å². The van der Waals surface area contributed by atoms with Gasteiger partial charge in [-0.15, -0.1) is 0 Å². The number of hydrogen-bond acceptors (Lipinski definition) is 3. The molecule has 2 aliphatic rings. The van der Waals surface area contributed by atoms with Crippen molar-refractivity contribution in [2.24, 2.45) is 0 Å². The molecular formula is C16H19F2N3O3. The summed E-state index contributed by atoms with van der Waals surface area (Å²) in [5.41, 5.74) is -0.537. The Morgan fingerprint density at radius 3 is 1.92 bits per heavy atom. The molecule has 2 fully saturated rings. The summed E-state index contributed by atoms with van der Waals surface area (Å²) in [6.45, 7) is 3.35.